The molecule has 0 N–H and O–H groups in total. The van der Waals surface area contributed by atoms with E-state index in [9.17, 15) is 24.0 Å². The molecule has 210 valence electrons. The summed E-state index contributed by atoms with van der Waals surface area (Å²) in [5, 5.41) is 0. The van der Waals surface area contributed by atoms with Crippen LogP contribution in [0.15, 0.2) is 78.9 Å². The first-order valence-corrected chi connectivity index (χ1v) is 13.4. The SMILES string of the molecule is CCOC(=O)[C@H](C[C@]1(c2ccccc2)C(=O)N(C(=O)OC(C)(C)C)c2ccccc21)N1C(=O)c2ccccc2C1=O. The van der Waals surface area contributed by atoms with Gasteiger partial charge >= 0.3 is 12.1 Å². The fourth-order valence-electron chi connectivity index (χ4n) is 5.55. The number of benzene rings is 3. The highest BCUT2D eigenvalue weighted by molar-refractivity contribution is 6.24. The van der Waals surface area contributed by atoms with Gasteiger partial charge in [0.05, 0.1) is 23.4 Å². The average molecular weight is 555 g/mol. The quantitative estimate of drug-likeness (QED) is 0.316. The summed E-state index contributed by atoms with van der Waals surface area (Å²) in [5.41, 5.74) is -0.995. The number of hydrogen-bond acceptors (Lipinski definition) is 7. The van der Waals surface area contributed by atoms with E-state index in [1.54, 1.807) is 94.4 Å². The van der Waals surface area contributed by atoms with E-state index in [4.69, 9.17) is 9.47 Å². The van der Waals surface area contributed by atoms with Crippen molar-refractivity contribution in [3.63, 3.8) is 0 Å². The van der Waals surface area contributed by atoms with Crippen molar-refractivity contribution < 1.29 is 33.4 Å². The molecule has 0 spiro atoms. The lowest BCUT2D eigenvalue weighted by Gasteiger charge is -2.35. The van der Waals surface area contributed by atoms with Crippen LogP contribution in [0.2, 0.25) is 0 Å². The van der Waals surface area contributed by atoms with Crippen LogP contribution in [-0.4, -0.2) is 52.9 Å². The summed E-state index contributed by atoms with van der Waals surface area (Å²) in [5.74, 6) is -2.81. The van der Waals surface area contributed by atoms with E-state index in [0.717, 1.165) is 9.80 Å². The molecule has 0 unspecified atom stereocenters. The van der Waals surface area contributed by atoms with Crippen molar-refractivity contribution in [3.8, 4) is 0 Å². The van der Waals surface area contributed by atoms with Crippen molar-refractivity contribution >= 4 is 35.5 Å². The van der Waals surface area contributed by atoms with Gasteiger partial charge in [-0.2, -0.15) is 0 Å². The van der Waals surface area contributed by atoms with Gasteiger partial charge in [-0.05, 0) is 57.0 Å². The molecule has 2 aliphatic rings. The molecule has 41 heavy (non-hydrogen) atoms. The van der Waals surface area contributed by atoms with E-state index in [0.29, 0.717) is 16.8 Å². The fraction of sp³-hybridized carbons (Fsp3) is 0.281. The fourth-order valence-corrected chi connectivity index (χ4v) is 5.55. The number of carbonyl (C=O) groups excluding carboxylic acids is 5. The van der Waals surface area contributed by atoms with Crippen molar-refractivity contribution in [1.82, 2.24) is 4.90 Å². The van der Waals surface area contributed by atoms with Gasteiger partial charge in [-0.15, -0.1) is 0 Å². The lowest BCUT2D eigenvalue weighted by molar-refractivity contribution is -0.148. The second-order valence-corrected chi connectivity index (χ2v) is 10.9. The van der Waals surface area contributed by atoms with Crippen LogP contribution in [0.5, 0.6) is 0 Å². The average Bonchev–Trinajstić information content (AvgIpc) is 3.34. The first-order chi connectivity index (χ1) is 19.5. The Morgan fingerprint density at radius 3 is 1.98 bits per heavy atom. The molecule has 5 rings (SSSR count). The first kappa shape index (κ1) is 27.8. The van der Waals surface area contributed by atoms with Crippen LogP contribution in [0.25, 0.3) is 0 Å². The molecule has 0 aliphatic carbocycles. The third kappa shape index (κ3) is 4.57. The molecule has 2 aliphatic heterocycles. The first-order valence-electron chi connectivity index (χ1n) is 13.4. The Morgan fingerprint density at radius 1 is 0.829 bits per heavy atom. The van der Waals surface area contributed by atoms with Gasteiger partial charge in [0.1, 0.15) is 17.1 Å². The molecule has 0 saturated heterocycles. The van der Waals surface area contributed by atoms with Crippen molar-refractivity contribution in [2.45, 2.75) is 51.2 Å². The van der Waals surface area contributed by atoms with Crippen LogP contribution in [0.3, 0.4) is 0 Å². The number of esters is 1. The number of nitrogens with zero attached hydrogens (tertiary/aromatic N) is 2. The van der Waals surface area contributed by atoms with Gasteiger partial charge in [0.25, 0.3) is 17.7 Å². The third-order valence-corrected chi connectivity index (χ3v) is 7.21. The lowest BCUT2D eigenvalue weighted by Crippen LogP contribution is -2.53. The summed E-state index contributed by atoms with van der Waals surface area (Å²) in [4.78, 5) is 70.6. The Labute approximate surface area is 237 Å². The number of para-hydroxylation sites is 1. The number of fused-ring (bicyclic) bond motifs is 2. The van der Waals surface area contributed by atoms with Crippen molar-refractivity contribution in [3.05, 3.63) is 101 Å². The van der Waals surface area contributed by atoms with Crippen molar-refractivity contribution in [1.29, 1.82) is 0 Å². The van der Waals surface area contributed by atoms with Gasteiger partial charge in [0.2, 0.25) is 0 Å². The Morgan fingerprint density at radius 2 is 1.39 bits per heavy atom. The van der Waals surface area contributed by atoms with E-state index in [-0.39, 0.29) is 24.2 Å². The van der Waals surface area contributed by atoms with Crippen LogP contribution in [0.1, 0.15) is 66.0 Å². The van der Waals surface area contributed by atoms with Gasteiger partial charge < -0.3 is 9.47 Å². The molecular formula is C32H30N2O7. The van der Waals surface area contributed by atoms with E-state index in [2.05, 4.69) is 0 Å². The van der Waals surface area contributed by atoms with Gasteiger partial charge in [0.15, 0.2) is 0 Å². The normalized spacial score (nSPS) is 18.7. The zero-order chi connectivity index (χ0) is 29.5. The molecule has 9 heteroatoms. The van der Waals surface area contributed by atoms with Crippen LogP contribution < -0.4 is 4.90 Å². The molecule has 0 aromatic heterocycles. The predicted molar refractivity (Wildman–Crippen MR) is 149 cm³/mol. The number of imide groups is 2. The number of hydrogen-bond donors (Lipinski definition) is 0. The molecular weight excluding hydrogens is 524 g/mol. The standard InChI is InChI=1S/C32H30N2O7/c1-5-40-28(37)25(33-26(35)21-15-9-10-16-22(21)27(33)36)19-32(20-13-7-6-8-14-20)23-17-11-12-18-24(23)34(29(32)38)30(39)41-31(2,3)4/h6-18,25H,5,19H2,1-4H3/t25-,32+/m0/s1. The summed E-state index contributed by atoms with van der Waals surface area (Å²) in [6, 6.07) is 20.3. The number of ether oxygens (including phenoxy) is 2. The number of anilines is 1. The summed E-state index contributed by atoms with van der Waals surface area (Å²) >= 11 is 0. The minimum atomic E-state index is -1.64. The topological polar surface area (TPSA) is 110 Å². The second-order valence-electron chi connectivity index (χ2n) is 10.9. The monoisotopic (exact) mass is 554 g/mol. The van der Waals surface area contributed by atoms with E-state index in [1.807, 2.05) is 0 Å². The maximum Gasteiger partial charge on any atom is 0.421 e. The minimum absolute atomic E-state index is 0.00853. The molecule has 0 saturated carbocycles. The molecule has 4 amide bonds. The van der Waals surface area contributed by atoms with Crippen LogP contribution >= 0.6 is 0 Å². The Kier molecular flexibility index (Phi) is 6.98. The molecule has 3 aromatic rings. The van der Waals surface area contributed by atoms with E-state index in [1.165, 1.54) is 12.1 Å². The number of rotatable bonds is 6. The number of amides is 4. The zero-order valence-electron chi connectivity index (χ0n) is 23.2. The lowest BCUT2D eigenvalue weighted by atomic mass is 9.70. The minimum Gasteiger partial charge on any atom is -0.464 e. The highest BCUT2D eigenvalue weighted by Crippen LogP contribution is 2.50. The van der Waals surface area contributed by atoms with Crippen molar-refractivity contribution in [2.24, 2.45) is 0 Å². The summed E-state index contributed by atoms with van der Waals surface area (Å²) in [7, 11) is 0. The molecule has 0 radical (unpaired) electrons. The maximum absolute atomic E-state index is 14.6. The molecule has 2 atom stereocenters. The second kappa shape index (κ2) is 10.3. The number of carbonyl (C=O) groups is 5. The van der Waals surface area contributed by atoms with Gasteiger partial charge in [-0.3, -0.25) is 19.3 Å². The Bertz CT molecular complexity index is 1520. The smallest absolute Gasteiger partial charge is 0.421 e. The summed E-state index contributed by atoms with van der Waals surface area (Å²) in [6.45, 7) is 6.69. The molecule has 9 nitrogen and oxygen atoms in total. The van der Waals surface area contributed by atoms with Gasteiger partial charge in [-0.1, -0.05) is 60.7 Å². The van der Waals surface area contributed by atoms with Crippen LogP contribution in [0, 0.1) is 0 Å². The van der Waals surface area contributed by atoms with E-state index < -0.39 is 46.8 Å². The summed E-state index contributed by atoms with van der Waals surface area (Å²) < 4.78 is 11.0. The highest BCUT2D eigenvalue weighted by atomic mass is 16.6. The van der Waals surface area contributed by atoms with Crippen LogP contribution in [-0.2, 0) is 24.5 Å². The maximum atomic E-state index is 14.6. The van der Waals surface area contributed by atoms with E-state index >= 15 is 0 Å². The highest BCUT2D eigenvalue weighted by Gasteiger charge is 2.58. The molecule has 3 aromatic carbocycles. The molecule has 0 fully saturated rings. The van der Waals surface area contributed by atoms with Crippen molar-refractivity contribution in [2.75, 3.05) is 11.5 Å². The summed E-state index contributed by atoms with van der Waals surface area (Å²) in [6.07, 6.45) is -1.22. The zero-order valence-corrected chi connectivity index (χ0v) is 23.2. The van der Waals surface area contributed by atoms with Gasteiger partial charge in [0, 0.05) is 6.42 Å². The largest absolute Gasteiger partial charge is 0.464 e. The van der Waals surface area contributed by atoms with Gasteiger partial charge in [-0.25, -0.2) is 14.5 Å². The Balaban J connectivity index is 1.70. The van der Waals surface area contributed by atoms with Crippen LogP contribution in [0.4, 0.5) is 10.5 Å². The Hall–Kier alpha value is -4.79. The predicted octanol–water partition coefficient (Wildman–Crippen LogP) is 4.87. The molecule has 0 bridgehead atoms. The molecule has 2 heterocycles. The third-order valence-electron chi connectivity index (χ3n) is 7.21.